The molecule has 1 heterocycles. The van der Waals surface area contributed by atoms with Crippen LogP contribution in [0.2, 0.25) is 0 Å². The van der Waals surface area contributed by atoms with E-state index in [1.54, 1.807) is 12.1 Å². The van der Waals surface area contributed by atoms with Gasteiger partial charge in [0.05, 0.1) is 4.90 Å². The number of rotatable bonds is 6. The van der Waals surface area contributed by atoms with Crippen molar-refractivity contribution in [3.8, 4) is 0 Å². The van der Waals surface area contributed by atoms with E-state index >= 15 is 0 Å². The fourth-order valence-corrected chi connectivity index (χ4v) is 3.31. The maximum Gasteiger partial charge on any atom is 0.389 e. The molecule has 1 aromatic carbocycles. The number of hydrogen-bond donors (Lipinski definition) is 2. The summed E-state index contributed by atoms with van der Waals surface area (Å²) in [5, 5.41) is 3.13. The first-order chi connectivity index (χ1) is 9.78. The number of nitrogens with one attached hydrogen (secondary N) is 2. The van der Waals surface area contributed by atoms with Crippen LogP contribution in [-0.2, 0) is 16.4 Å². The zero-order valence-electron chi connectivity index (χ0n) is 11.3. The molecule has 0 radical (unpaired) electrons. The molecule has 4 nitrogen and oxygen atoms in total. The summed E-state index contributed by atoms with van der Waals surface area (Å²) in [6.07, 6.45) is -4.24. The maximum atomic E-state index is 12.0. The van der Waals surface area contributed by atoms with Gasteiger partial charge in [-0.3, -0.25) is 0 Å². The van der Waals surface area contributed by atoms with Crippen LogP contribution in [-0.4, -0.2) is 27.7 Å². The summed E-state index contributed by atoms with van der Waals surface area (Å²) in [6.45, 7) is 0.789. The highest BCUT2D eigenvalue weighted by Crippen LogP contribution is 2.25. The van der Waals surface area contributed by atoms with Gasteiger partial charge in [0.1, 0.15) is 0 Å². The highest BCUT2D eigenvalue weighted by Gasteiger charge is 2.26. The number of benzene rings is 1. The largest absolute Gasteiger partial charge is 0.389 e. The lowest BCUT2D eigenvalue weighted by Gasteiger charge is -2.09. The summed E-state index contributed by atoms with van der Waals surface area (Å²) in [5.74, 6) is 0. The molecule has 21 heavy (non-hydrogen) atoms. The molecule has 1 aliphatic heterocycles. The summed E-state index contributed by atoms with van der Waals surface area (Å²) in [6, 6.07) is 4.81. The van der Waals surface area contributed by atoms with Gasteiger partial charge >= 0.3 is 6.18 Å². The molecule has 1 aromatic rings. The molecule has 0 saturated carbocycles. The van der Waals surface area contributed by atoms with Crippen molar-refractivity contribution in [1.82, 2.24) is 4.72 Å². The molecule has 0 unspecified atom stereocenters. The predicted molar refractivity (Wildman–Crippen MR) is 73.7 cm³/mol. The molecule has 0 fully saturated rings. The van der Waals surface area contributed by atoms with Crippen LogP contribution in [0, 0.1) is 0 Å². The minimum Gasteiger partial charge on any atom is -0.384 e. The Labute approximate surface area is 121 Å². The average Bonchev–Trinajstić information content (AvgIpc) is 2.83. The van der Waals surface area contributed by atoms with E-state index in [1.165, 1.54) is 6.07 Å². The van der Waals surface area contributed by atoms with Crippen molar-refractivity contribution >= 4 is 15.7 Å². The third-order valence-corrected chi connectivity index (χ3v) is 4.73. The van der Waals surface area contributed by atoms with Gasteiger partial charge < -0.3 is 5.32 Å². The van der Waals surface area contributed by atoms with Crippen molar-refractivity contribution in [3.63, 3.8) is 0 Å². The number of halogens is 3. The van der Waals surface area contributed by atoms with Crippen LogP contribution in [0.1, 0.15) is 24.8 Å². The molecule has 0 atom stereocenters. The Kier molecular flexibility index (Phi) is 4.77. The monoisotopic (exact) mass is 322 g/mol. The molecule has 0 spiro atoms. The standard InChI is InChI=1S/C13H17F3N2O2S/c14-13(15,16)6-1-2-7-18-21(19,20)11-3-4-12-10(9-11)5-8-17-12/h3-4,9,17-18H,1-2,5-8H2. The van der Waals surface area contributed by atoms with Gasteiger partial charge in [-0.15, -0.1) is 0 Å². The third-order valence-electron chi connectivity index (χ3n) is 3.28. The molecule has 0 saturated heterocycles. The molecule has 0 aliphatic carbocycles. The Hall–Kier alpha value is -1.28. The van der Waals surface area contributed by atoms with Crippen molar-refractivity contribution in [3.05, 3.63) is 23.8 Å². The second kappa shape index (κ2) is 6.23. The zero-order valence-corrected chi connectivity index (χ0v) is 12.1. The van der Waals surface area contributed by atoms with Crippen LogP contribution in [0.15, 0.2) is 23.1 Å². The molecule has 1 aliphatic rings. The van der Waals surface area contributed by atoms with E-state index in [4.69, 9.17) is 0 Å². The first-order valence-corrected chi connectivity index (χ1v) is 8.19. The predicted octanol–water partition coefficient (Wildman–Crippen LogP) is 2.67. The summed E-state index contributed by atoms with van der Waals surface area (Å²) in [4.78, 5) is 0.153. The fourth-order valence-electron chi connectivity index (χ4n) is 2.19. The van der Waals surface area contributed by atoms with Crippen LogP contribution in [0.4, 0.5) is 18.9 Å². The smallest absolute Gasteiger partial charge is 0.384 e. The Bertz CT molecular complexity index is 600. The minimum absolute atomic E-state index is 0.00769. The van der Waals surface area contributed by atoms with Crippen LogP contribution in [0.25, 0.3) is 0 Å². The lowest BCUT2D eigenvalue weighted by atomic mass is 10.2. The van der Waals surface area contributed by atoms with E-state index in [1.807, 2.05) is 0 Å². The van der Waals surface area contributed by atoms with Crippen LogP contribution in [0.3, 0.4) is 0 Å². The highest BCUT2D eigenvalue weighted by atomic mass is 32.2. The number of alkyl halides is 3. The van der Waals surface area contributed by atoms with Gasteiger partial charge in [0.15, 0.2) is 0 Å². The molecular weight excluding hydrogens is 305 g/mol. The topological polar surface area (TPSA) is 58.2 Å². The molecule has 2 N–H and O–H groups in total. The Morgan fingerprint density at radius 2 is 2.00 bits per heavy atom. The SMILES string of the molecule is O=S(=O)(NCCCCC(F)(F)F)c1ccc2c(c1)CCN2. The quantitative estimate of drug-likeness (QED) is 0.792. The summed E-state index contributed by atoms with van der Waals surface area (Å²) >= 11 is 0. The number of unbranched alkanes of at least 4 members (excludes halogenated alkanes) is 1. The number of anilines is 1. The van der Waals surface area contributed by atoms with Crippen molar-refractivity contribution in [2.45, 2.75) is 36.8 Å². The lowest BCUT2D eigenvalue weighted by Crippen LogP contribution is -2.25. The van der Waals surface area contributed by atoms with Crippen molar-refractivity contribution in [2.24, 2.45) is 0 Å². The first kappa shape index (κ1) is 16.1. The first-order valence-electron chi connectivity index (χ1n) is 6.71. The lowest BCUT2D eigenvalue weighted by molar-refractivity contribution is -0.135. The third kappa shape index (κ3) is 4.60. The van der Waals surface area contributed by atoms with Gasteiger partial charge in [0.2, 0.25) is 10.0 Å². The highest BCUT2D eigenvalue weighted by molar-refractivity contribution is 7.89. The molecule has 8 heteroatoms. The summed E-state index contributed by atoms with van der Waals surface area (Å²) in [5.41, 5.74) is 1.87. The minimum atomic E-state index is -4.19. The van der Waals surface area contributed by atoms with Gasteiger partial charge in [-0.25, -0.2) is 13.1 Å². The van der Waals surface area contributed by atoms with Crippen molar-refractivity contribution < 1.29 is 21.6 Å². The Balaban J connectivity index is 1.87. The zero-order chi connectivity index (χ0) is 15.5. The van der Waals surface area contributed by atoms with Crippen LogP contribution < -0.4 is 10.0 Å². The second-order valence-corrected chi connectivity index (χ2v) is 6.73. The van der Waals surface area contributed by atoms with Gasteiger partial charge in [-0.2, -0.15) is 13.2 Å². The van der Waals surface area contributed by atoms with E-state index in [-0.39, 0.29) is 24.3 Å². The van der Waals surface area contributed by atoms with E-state index in [2.05, 4.69) is 10.0 Å². The van der Waals surface area contributed by atoms with Crippen molar-refractivity contribution in [1.29, 1.82) is 0 Å². The van der Waals surface area contributed by atoms with Gasteiger partial charge in [-0.05, 0) is 43.0 Å². The second-order valence-electron chi connectivity index (χ2n) is 4.97. The normalized spacial score (nSPS) is 14.8. The number of hydrogen-bond acceptors (Lipinski definition) is 3. The van der Waals surface area contributed by atoms with Gasteiger partial charge in [0, 0.05) is 25.2 Å². The number of fused-ring (bicyclic) bond motifs is 1. The Morgan fingerprint density at radius 3 is 2.71 bits per heavy atom. The Morgan fingerprint density at radius 1 is 1.24 bits per heavy atom. The molecular formula is C13H17F3N2O2S. The number of sulfonamides is 1. The van der Waals surface area contributed by atoms with E-state index in [0.717, 1.165) is 24.2 Å². The van der Waals surface area contributed by atoms with Crippen molar-refractivity contribution in [2.75, 3.05) is 18.4 Å². The molecule has 0 bridgehead atoms. The van der Waals surface area contributed by atoms with E-state index in [0.29, 0.717) is 0 Å². The summed E-state index contributed by atoms with van der Waals surface area (Å²) < 4.78 is 62.3. The molecule has 0 amide bonds. The van der Waals surface area contributed by atoms with E-state index in [9.17, 15) is 21.6 Å². The molecule has 0 aromatic heterocycles. The van der Waals surface area contributed by atoms with E-state index < -0.39 is 22.6 Å². The fraction of sp³-hybridized carbons (Fsp3) is 0.538. The molecule has 2 rings (SSSR count). The maximum absolute atomic E-state index is 12.0. The van der Waals surface area contributed by atoms with Gasteiger partial charge in [0.25, 0.3) is 0 Å². The van der Waals surface area contributed by atoms with Crippen LogP contribution >= 0.6 is 0 Å². The average molecular weight is 322 g/mol. The summed E-state index contributed by atoms with van der Waals surface area (Å²) in [7, 11) is -3.66. The molecule has 118 valence electrons. The van der Waals surface area contributed by atoms with Gasteiger partial charge in [-0.1, -0.05) is 0 Å². The van der Waals surface area contributed by atoms with Crippen LogP contribution in [0.5, 0.6) is 0 Å².